The number of piperidine rings is 1. The summed E-state index contributed by atoms with van der Waals surface area (Å²) in [5, 5.41) is 0. The second kappa shape index (κ2) is 5.92. The molecule has 108 valence electrons. The quantitative estimate of drug-likeness (QED) is 0.858. The molecular weight excluding hydrogens is 248 g/mol. The lowest BCUT2D eigenvalue weighted by Crippen LogP contribution is -2.34. The summed E-state index contributed by atoms with van der Waals surface area (Å²) in [6.07, 6.45) is 6.50. The standard InChI is InChI=1S/C16H24N4/c1-3-6-15-18-14-7-5-10-17-16(14)20(15)13-8-11-19(4-2)12-9-13/h5,7,10,13H,3-4,6,8-9,11-12H2,1-2H3. The minimum absolute atomic E-state index is 0.569. The molecule has 0 spiro atoms. The molecule has 3 heterocycles. The number of hydrogen-bond donors (Lipinski definition) is 0. The van der Waals surface area contributed by atoms with Crippen molar-refractivity contribution in [2.45, 2.75) is 45.6 Å². The first-order chi connectivity index (χ1) is 9.83. The Morgan fingerprint density at radius 1 is 1.25 bits per heavy atom. The summed E-state index contributed by atoms with van der Waals surface area (Å²) in [7, 11) is 0. The van der Waals surface area contributed by atoms with Crippen molar-refractivity contribution in [3.63, 3.8) is 0 Å². The average Bonchev–Trinajstić information content (AvgIpc) is 2.86. The lowest BCUT2D eigenvalue weighted by atomic mass is 10.0. The van der Waals surface area contributed by atoms with Crippen LogP contribution in [-0.4, -0.2) is 39.1 Å². The number of aryl methyl sites for hydroxylation is 1. The molecule has 0 unspecified atom stereocenters. The highest BCUT2D eigenvalue weighted by Gasteiger charge is 2.23. The maximum atomic E-state index is 4.80. The first kappa shape index (κ1) is 13.6. The third kappa shape index (κ3) is 2.44. The summed E-state index contributed by atoms with van der Waals surface area (Å²) in [4.78, 5) is 11.9. The molecule has 0 atom stereocenters. The summed E-state index contributed by atoms with van der Waals surface area (Å²) in [5.41, 5.74) is 2.12. The van der Waals surface area contributed by atoms with Crippen LogP contribution in [0.4, 0.5) is 0 Å². The van der Waals surface area contributed by atoms with E-state index in [0.29, 0.717) is 6.04 Å². The van der Waals surface area contributed by atoms with E-state index in [1.807, 2.05) is 12.3 Å². The Labute approximate surface area is 120 Å². The van der Waals surface area contributed by atoms with E-state index < -0.39 is 0 Å². The fraction of sp³-hybridized carbons (Fsp3) is 0.625. The van der Waals surface area contributed by atoms with Gasteiger partial charge < -0.3 is 9.47 Å². The number of imidazole rings is 1. The first-order valence-corrected chi connectivity index (χ1v) is 7.87. The molecule has 0 aromatic carbocycles. The van der Waals surface area contributed by atoms with Crippen LogP contribution in [0.2, 0.25) is 0 Å². The van der Waals surface area contributed by atoms with Crippen LogP contribution in [0.15, 0.2) is 18.3 Å². The number of nitrogens with zero attached hydrogens (tertiary/aromatic N) is 4. The fourth-order valence-corrected chi connectivity index (χ4v) is 3.25. The molecule has 1 fully saturated rings. The Bertz CT molecular complexity index is 567. The Morgan fingerprint density at radius 2 is 2.05 bits per heavy atom. The van der Waals surface area contributed by atoms with Gasteiger partial charge in [0.05, 0.1) is 0 Å². The third-order valence-corrected chi connectivity index (χ3v) is 4.36. The monoisotopic (exact) mass is 272 g/mol. The van der Waals surface area contributed by atoms with Gasteiger partial charge in [0.1, 0.15) is 11.3 Å². The van der Waals surface area contributed by atoms with Gasteiger partial charge in [-0.25, -0.2) is 9.97 Å². The largest absolute Gasteiger partial charge is 0.309 e. The van der Waals surface area contributed by atoms with Crippen molar-refractivity contribution >= 4 is 11.2 Å². The Hall–Kier alpha value is -1.42. The van der Waals surface area contributed by atoms with E-state index >= 15 is 0 Å². The molecule has 2 aromatic rings. The summed E-state index contributed by atoms with van der Waals surface area (Å²) < 4.78 is 2.42. The molecule has 20 heavy (non-hydrogen) atoms. The lowest BCUT2D eigenvalue weighted by molar-refractivity contribution is 0.194. The fourth-order valence-electron chi connectivity index (χ4n) is 3.25. The highest BCUT2D eigenvalue weighted by molar-refractivity contribution is 5.71. The molecule has 0 N–H and O–H groups in total. The highest BCUT2D eigenvalue weighted by Crippen LogP contribution is 2.28. The molecule has 0 aliphatic carbocycles. The maximum Gasteiger partial charge on any atom is 0.160 e. The zero-order valence-electron chi connectivity index (χ0n) is 12.5. The normalized spacial score (nSPS) is 17.9. The van der Waals surface area contributed by atoms with Crippen LogP contribution < -0.4 is 0 Å². The molecule has 3 rings (SSSR count). The summed E-state index contributed by atoms with van der Waals surface area (Å²) in [5.74, 6) is 1.22. The van der Waals surface area contributed by atoms with E-state index in [9.17, 15) is 0 Å². The number of aromatic nitrogens is 3. The summed E-state index contributed by atoms with van der Waals surface area (Å²) in [6, 6.07) is 4.63. The van der Waals surface area contributed by atoms with Crippen molar-refractivity contribution in [1.82, 2.24) is 19.4 Å². The van der Waals surface area contributed by atoms with Gasteiger partial charge in [-0.3, -0.25) is 0 Å². The van der Waals surface area contributed by atoms with Gasteiger partial charge >= 0.3 is 0 Å². The molecule has 4 heteroatoms. The van der Waals surface area contributed by atoms with Crippen LogP contribution in [0.5, 0.6) is 0 Å². The van der Waals surface area contributed by atoms with E-state index in [1.165, 1.54) is 31.8 Å². The van der Waals surface area contributed by atoms with Gasteiger partial charge in [0.2, 0.25) is 0 Å². The number of likely N-dealkylation sites (tertiary alicyclic amines) is 1. The summed E-state index contributed by atoms with van der Waals surface area (Å²) in [6.45, 7) is 8.02. The van der Waals surface area contributed by atoms with E-state index in [0.717, 1.165) is 30.6 Å². The molecule has 1 aliphatic rings. The third-order valence-electron chi connectivity index (χ3n) is 4.36. The van der Waals surface area contributed by atoms with Gasteiger partial charge in [0.15, 0.2) is 5.65 Å². The maximum absolute atomic E-state index is 4.80. The zero-order valence-corrected chi connectivity index (χ0v) is 12.5. The molecule has 4 nitrogen and oxygen atoms in total. The molecule has 2 aromatic heterocycles. The van der Waals surface area contributed by atoms with Crippen molar-refractivity contribution in [1.29, 1.82) is 0 Å². The Balaban J connectivity index is 1.94. The van der Waals surface area contributed by atoms with Crippen LogP contribution in [0.3, 0.4) is 0 Å². The second-order valence-corrected chi connectivity index (χ2v) is 5.66. The van der Waals surface area contributed by atoms with Crippen LogP contribution in [-0.2, 0) is 6.42 Å². The number of fused-ring (bicyclic) bond motifs is 1. The molecule has 0 bridgehead atoms. The van der Waals surface area contributed by atoms with Gasteiger partial charge in [0.25, 0.3) is 0 Å². The van der Waals surface area contributed by atoms with Crippen molar-refractivity contribution in [3.8, 4) is 0 Å². The van der Waals surface area contributed by atoms with Crippen molar-refractivity contribution in [2.24, 2.45) is 0 Å². The lowest BCUT2D eigenvalue weighted by Gasteiger charge is -2.32. The molecule has 0 radical (unpaired) electrons. The summed E-state index contributed by atoms with van der Waals surface area (Å²) >= 11 is 0. The highest BCUT2D eigenvalue weighted by atomic mass is 15.2. The topological polar surface area (TPSA) is 34.0 Å². The predicted octanol–water partition coefficient (Wildman–Crippen LogP) is 3.04. The average molecular weight is 272 g/mol. The Morgan fingerprint density at radius 3 is 2.75 bits per heavy atom. The Kier molecular flexibility index (Phi) is 4.01. The van der Waals surface area contributed by atoms with Gasteiger partial charge in [-0.2, -0.15) is 0 Å². The van der Waals surface area contributed by atoms with Gasteiger partial charge in [-0.05, 0) is 37.9 Å². The second-order valence-electron chi connectivity index (χ2n) is 5.66. The van der Waals surface area contributed by atoms with Crippen molar-refractivity contribution in [2.75, 3.05) is 19.6 Å². The van der Waals surface area contributed by atoms with Gasteiger partial charge in [-0.1, -0.05) is 13.8 Å². The van der Waals surface area contributed by atoms with E-state index in [2.05, 4.69) is 34.4 Å². The van der Waals surface area contributed by atoms with E-state index in [-0.39, 0.29) is 0 Å². The smallest absolute Gasteiger partial charge is 0.160 e. The minimum atomic E-state index is 0.569. The van der Waals surface area contributed by atoms with Crippen molar-refractivity contribution < 1.29 is 0 Å². The minimum Gasteiger partial charge on any atom is -0.309 e. The number of hydrogen-bond acceptors (Lipinski definition) is 3. The SMILES string of the molecule is CCCc1nc2cccnc2n1C1CCN(CC)CC1. The van der Waals surface area contributed by atoms with E-state index in [1.54, 1.807) is 0 Å². The zero-order chi connectivity index (χ0) is 13.9. The van der Waals surface area contributed by atoms with E-state index in [4.69, 9.17) is 4.98 Å². The van der Waals surface area contributed by atoms with Crippen molar-refractivity contribution in [3.05, 3.63) is 24.2 Å². The molecule has 0 amide bonds. The first-order valence-electron chi connectivity index (χ1n) is 7.87. The van der Waals surface area contributed by atoms with Crippen LogP contribution in [0, 0.1) is 0 Å². The van der Waals surface area contributed by atoms with Crippen LogP contribution in [0.25, 0.3) is 11.2 Å². The molecule has 1 aliphatic heterocycles. The molecule has 1 saturated heterocycles. The molecule has 0 saturated carbocycles. The number of rotatable bonds is 4. The number of pyridine rings is 1. The van der Waals surface area contributed by atoms with Gasteiger partial charge in [0, 0.05) is 31.7 Å². The molecular formula is C16H24N4. The van der Waals surface area contributed by atoms with Crippen LogP contribution in [0.1, 0.15) is 45.0 Å². The van der Waals surface area contributed by atoms with Crippen LogP contribution >= 0.6 is 0 Å². The van der Waals surface area contributed by atoms with Gasteiger partial charge in [-0.15, -0.1) is 0 Å². The predicted molar refractivity (Wildman–Crippen MR) is 81.9 cm³/mol.